The average Bonchev–Trinajstić information content (AvgIpc) is 2.48. The first-order valence-corrected chi connectivity index (χ1v) is 6.70. The van der Waals surface area contributed by atoms with Crippen molar-refractivity contribution >= 4 is 11.6 Å². The fourth-order valence-electron chi connectivity index (χ4n) is 3.08. The zero-order valence-corrected chi connectivity index (χ0v) is 10.9. The first-order valence-electron chi connectivity index (χ1n) is 6.32. The molecule has 2 heterocycles. The number of piperidine rings is 1. The molecular formula is C14H18ClNO. The molecule has 0 N–H and O–H groups in total. The molecule has 2 saturated heterocycles. The normalized spacial score (nSPS) is 32.9. The van der Waals surface area contributed by atoms with Gasteiger partial charge in [-0.15, -0.1) is 0 Å². The van der Waals surface area contributed by atoms with Gasteiger partial charge in [-0.25, -0.2) is 0 Å². The molecule has 0 aliphatic carbocycles. The molecule has 1 aromatic rings. The Morgan fingerprint density at radius 1 is 1.53 bits per heavy atom. The van der Waals surface area contributed by atoms with E-state index in [4.69, 9.17) is 16.3 Å². The summed E-state index contributed by atoms with van der Waals surface area (Å²) in [6.07, 6.45) is 3.69. The highest BCUT2D eigenvalue weighted by molar-refractivity contribution is 6.30. The van der Waals surface area contributed by atoms with Crippen LogP contribution in [0.2, 0.25) is 5.02 Å². The standard InChI is InChI=1S/C14H18ClNO/c1-14-7-3-6-13(10-17-14)16(14)9-11-4-2-5-12(15)8-11/h2,4-5,8,13H,3,6-7,9-10H2,1H3. The lowest BCUT2D eigenvalue weighted by Crippen LogP contribution is -2.48. The van der Waals surface area contributed by atoms with Gasteiger partial charge in [0.25, 0.3) is 0 Å². The van der Waals surface area contributed by atoms with Crippen LogP contribution in [0.5, 0.6) is 0 Å². The van der Waals surface area contributed by atoms with Crippen molar-refractivity contribution in [2.45, 2.75) is 44.5 Å². The lowest BCUT2D eigenvalue weighted by molar-refractivity contribution is -0.0912. The Balaban J connectivity index is 1.81. The predicted molar refractivity (Wildman–Crippen MR) is 69.0 cm³/mol. The molecule has 0 radical (unpaired) electrons. The van der Waals surface area contributed by atoms with Gasteiger partial charge in [-0.2, -0.15) is 0 Å². The van der Waals surface area contributed by atoms with Crippen molar-refractivity contribution < 1.29 is 4.74 Å². The molecular weight excluding hydrogens is 234 g/mol. The fourth-order valence-corrected chi connectivity index (χ4v) is 3.30. The second-order valence-corrected chi connectivity index (χ2v) is 5.73. The van der Waals surface area contributed by atoms with Crippen LogP contribution in [0.15, 0.2) is 24.3 Å². The minimum atomic E-state index is -0.0504. The van der Waals surface area contributed by atoms with Crippen LogP contribution in [-0.4, -0.2) is 23.3 Å². The summed E-state index contributed by atoms with van der Waals surface area (Å²) in [5.41, 5.74) is 1.23. The number of benzene rings is 1. The first-order chi connectivity index (χ1) is 8.17. The van der Waals surface area contributed by atoms with Gasteiger partial charge in [-0.1, -0.05) is 23.7 Å². The van der Waals surface area contributed by atoms with Gasteiger partial charge in [-0.05, 0) is 43.9 Å². The van der Waals surface area contributed by atoms with Crippen molar-refractivity contribution in [3.05, 3.63) is 34.9 Å². The fraction of sp³-hybridized carbons (Fsp3) is 0.571. The molecule has 2 aliphatic heterocycles. The third-order valence-electron chi connectivity index (χ3n) is 4.05. The summed E-state index contributed by atoms with van der Waals surface area (Å²) < 4.78 is 5.97. The highest BCUT2D eigenvalue weighted by atomic mass is 35.5. The zero-order chi connectivity index (χ0) is 11.9. The maximum absolute atomic E-state index is 6.04. The SMILES string of the molecule is CC12CCCC(CO1)N2Cc1cccc(Cl)c1. The molecule has 2 nitrogen and oxygen atoms in total. The largest absolute Gasteiger partial charge is 0.359 e. The molecule has 2 bridgehead atoms. The molecule has 2 fully saturated rings. The van der Waals surface area contributed by atoms with E-state index in [0.717, 1.165) is 24.6 Å². The summed E-state index contributed by atoms with van der Waals surface area (Å²) in [6.45, 7) is 4.05. The Kier molecular flexibility index (Phi) is 2.89. The lowest BCUT2D eigenvalue weighted by Gasteiger charge is -2.40. The second-order valence-electron chi connectivity index (χ2n) is 5.29. The van der Waals surface area contributed by atoms with Crippen LogP contribution >= 0.6 is 11.6 Å². The van der Waals surface area contributed by atoms with Crippen LogP contribution < -0.4 is 0 Å². The van der Waals surface area contributed by atoms with Gasteiger partial charge in [0.15, 0.2) is 0 Å². The Hall–Kier alpha value is -0.570. The van der Waals surface area contributed by atoms with E-state index in [0.29, 0.717) is 6.04 Å². The summed E-state index contributed by atoms with van der Waals surface area (Å²) in [4.78, 5) is 2.50. The Labute approximate surface area is 108 Å². The van der Waals surface area contributed by atoms with Crippen LogP contribution in [0.3, 0.4) is 0 Å². The van der Waals surface area contributed by atoms with E-state index in [1.807, 2.05) is 12.1 Å². The molecule has 2 unspecified atom stereocenters. The van der Waals surface area contributed by atoms with Crippen LogP contribution in [0.1, 0.15) is 31.7 Å². The van der Waals surface area contributed by atoms with E-state index >= 15 is 0 Å². The molecule has 1 aromatic carbocycles. The highest BCUT2D eigenvalue weighted by Crippen LogP contribution is 2.40. The van der Waals surface area contributed by atoms with Gasteiger partial charge < -0.3 is 4.74 Å². The van der Waals surface area contributed by atoms with Gasteiger partial charge in [0, 0.05) is 17.6 Å². The minimum absolute atomic E-state index is 0.0504. The zero-order valence-electron chi connectivity index (χ0n) is 10.2. The van der Waals surface area contributed by atoms with E-state index in [9.17, 15) is 0 Å². The quantitative estimate of drug-likeness (QED) is 0.798. The number of hydrogen-bond acceptors (Lipinski definition) is 2. The lowest BCUT2D eigenvalue weighted by atomic mass is 9.96. The maximum atomic E-state index is 6.04. The third kappa shape index (κ3) is 2.10. The van der Waals surface area contributed by atoms with Gasteiger partial charge >= 0.3 is 0 Å². The number of ether oxygens (including phenoxy) is 1. The average molecular weight is 252 g/mol. The number of hydrogen-bond donors (Lipinski definition) is 0. The molecule has 0 spiro atoms. The predicted octanol–water partition coefficient (Wildman–Crippen LogP) is 3.44. The summed E-state index contributed by atoms with van der Waals surface area (Å²) >= 11 is 6.04. The summed E-state index contributed by atoms with van der Waals surface area (Å²) in [5, 5.41) is 0.818. The minimum Gasteiger partial charge on any atom is -0.359 e. The van der Waals surface area contributed by atoms with Crippen LogP contribution in [-0.2, 0) is 11.3 Å². The van der Waals surface area contributed by atoms with E-state index < -0.39 is 0 Å². The van der Waals surface area contributed by atoms with Crippen molar-refractivity contribution in [2.24, 2.45) is 0 Å². The molecule has 2 atom stereocenters. The van der Waals surface area contributed by atoms with Gasteiger partial charge in [0.1, 0.15) is 5.72 Å². The van der Waals surface area contributed by atoms with Crippen molar-refractivity contribution in [3.8, 4) is 0 Å². The van der Waals surface area contributed by atoms with E-state index in [2.05, 4.69) is 24.0 Å². The molecule has 3 rings (SSSR count). The van der Waals surface area contributed by atoms with Crippen molar-refractivity contribution in [2.75, 3.05) is 6.61 Å². The van der Waals surface area contributed by atoms with Gasteiger partial charge in [0.05, 0.1) is 6.61 Å². The Morgan fingerprint density at radius 3 is 3.18 bits per heavy atom. The number of rotatable bonds is 2. The van der Waals surface area contributed by atoms with E-state index in [-0.39, 0.29) is 5.72 Å². The molecule has 2 aliphatic rings. The molecule has 17 heavy (non-hydrogen) atoms. The summed E-state index contributed by atoms with van der Waals surface area (Å²) in [6, 6.07) is 8.73. The summed E-state index contributed by atoms with van der Waals surface area (Å²) in [5.74, 6) is 0. The molecule has 92 valence electrons. The highest BCUT2D eigenvalue weighted by Gasteiger charge is 2.46. The van der Waals surface area contributed by atoms with Crippen molar-refractivity contribution in [1.82, 2.24) is 4.90 Å². The maximum Gasteiger partial charge on any atom is 0.119 e. The topological polar surface area (TPSA) is 12.5 Å². The molecule has 0 aromatic heterocycles. The van der Waals surface area contributed by atoms with Gasteiger partial charge in [-0.3, -0.25) is 4.90 Å². The number of halogens is 1. The number of nitrogens with zero attached hydrogens (tertiary/aromatic N) is 1. The summed E-state index contributed by atoms with van der Waals surface area (Å²) in [7, 11) is 0. The van der Waals surface area contributed by atoms with Crippen LogP contribution in [0.25, 0.3) is 0 Å². The van der Waals surface area contributed by atoms with Crippen molar-refractivity contribution in [3.63, 3.8) is 0 Å². The third-order valence-corrected chi connectivity index (χ3v) is 4.29. The Bertz CT molecular complexity index is 418. The molecule has 3 heteroatoms. The van der Waals surface area contributed by atoms with E-state index in [1.54, 1.807) is 0 Å². The second kappa shape index (κ2) is 4.27. The monoisotopic (exact) mass is 251 g/mol. The molecule has 0 saturated carbocycles. The Morgan fingerprint density at radius 2 is 2.41 bits per heavy atom. The molecule has 0 amide bonds. The smallest absolute Gasteiger partial charge is 0.119 e. The number of fused-ring (bicyclic) bond motifs is 2. The van der Waals surface area contributed by atoms with Gasteiger partial charge in [0.2, 0.25) is 0 Å². The van der Waals surface area contributed by atoms with Crippen LogP contribution in [0.4, 0.5) is 0 Å². The first kappa shape index (κ1) is 11.5. The van der Waals surface area contributed by atoms with Crippen LogP contribution in [0, 0.1) is 0 Å². The van der Waals surface area contributed by atoms with E-state index in [1.165, 1.54) is 18.4 Å². The van der Waals surface area contributed by atoms with Crippen molar-refractivity contribution in [1.29, 1.82) is 0 Å².